The molecule has 134 valence electrons. The first-order valence-electron chi connectivity index (χ1n) is 7.27. The summed E-state index contributed by atoms with van der Waals surface area (Å²) in [6.07, 6.45) is 1.69. The minimum atomic E-state index is -4.71. The normalized spacial score (nSPS) is 12.7. The highest BCUT2D eigenvalue weighted by Gasteiger charge is 2.26. The lowest BCUT2D eigenvalue weighted by Gasteiger charge is -2.12. The Morgan fingerprint density at radius 1 is 1.21 bits per heavy atom. The summed E-state index contributed by atoms with van der Waals surface area (Å²) in [4.78, 5) is 22.7. The van der Waals surface area contributed by atoms with E-state index in [1.54, 1.807) is 0 Å². The number of benzene rings is 1. The van der Waals surface area contributed by atoms with Crippen LogP contribution in [-0.4, -0.2) is 38.7 Å². The lowest BCUT2D eigenvalue weighted by Crippen LogP contribution is -2.35. The van der Waals surface area contributed by atoms with Crippen LogP contribution >= 0.6 is 0 Å². The molecule has 1 aromatic carbocycles. The molecule has 1 N–H and O–H groups in total. The van der Waals surface area contributed by atoms with Gasteiger partial charge in [0.05, 0.1) is 10.5 Å². The molecule has 0 aliphatic carbocycles. The van der Waals surface area contributed by atoms with Crippen molar-refractivity contribution in [3.8, 4) is 0 Å². The fourth-order valence-electron chi connectivity index (χ4n) is 1.92. The first kappa shape index (κ1) is 20.0. The van der Waals surface area contributed by atoms with Crippen molar-refractivity contribution in [2.45, 2.75) is 43.4 Å². The van der Waals surface area contributed by atoms with Crippen molar-refractivity contribution in [1.82, 2.24) is 5.32 Å². The van der Waals surface area contributed by atoms with Crippen LogP contribution in [0.25, 0.3) is 0 Å². The van der Waals surface area contributed by atoms with Crippen molar-refractivity contribution in [2.75, 3.05) is 6.61 Å². The minimum absolute atomic E-state index is 0.0416. The summed E-state index contributed by atoms with van der Waals surface area (Å²) in [5.41, 5.74) is -0.0439. The Hall–Kier alpha value is -2.03. The van der Waals surface area contributed by atoms with Gasteiger partial charge in [-0.1, -0.05) is 13.3 Å². The maximum absolute atomic E-state index is 12.4. The van der Waals surface area contributed by atoms with E-state index in [4.69, 9.17) is 4.74 Å². The molecule has 0 saturated heterocycles. The third kappa shape index (κ3) is 5.55. The summed E-state index contributed by atoms with van der Waals surface area (Å²) in [6.45, 7) is 3.32. The number of carbonyl (C=O) groups excluding carboxylic acids is 2. The Kier molecular flexibility index (Phi) is 7.27. The number of amides is 1. The van der Waals surface area contributed by atoms with E-state index in [9.17, 15) is 26.8 Å². The summed E-state index contributed by atoms with van der Waals surface area (Å²) in [5, 5.41) is 2.65. The maximum atomic E-state index is 12.4. The fraction of sp³-hybridized carbons (Fsp3) is 0.467. The molecule has 24 heavy (non-hydrogen) atoms. The number of hydrogen-bond acceptors (Lipinski definition) is 5. The molecule has 0 bridgehead atoms. The van der Waals surface area contributed by atoms with Gasteiger partial charge in [0.1, 0.15) is 0 Å². The van der Waals surface area contributed by atoms with Gasteiger partial charge in [-0.3, -0.25) is 4.79 Å². The molecular weight excluding hydrogens is 344 g/mol. The standard InChI is InChI=1S/C15H19F2NO5S/c1-3-4-10(2)18-13(19)9-23-14(20)11-5-7-12(8-6-11)24(21,22)15(16)17/h5-8,10,15H,3-4,9H2,1-2H3,(H,18,19)/t10-/m0/s1. The number of nitrogens with one attached hydrogen (secondary N) is 1. The zero-order valence-corrected chi connectivity index (χ0v) is 14.1. The molecule has 0 aromatic heterocycles. The summed E-state index contributed by atoms with van der Waals surface area (Å²) in [5.74, 6) is -4.85. The van der Waals surface area contributed by atoms with Gasteiger partial charge >= 0.3 is 11.7 Å². The number of esters is 1. The minimum Gasteiger partial charge on any atom is -0.452 e. The molecule has 0 saturated carbocycles. The Morgan fingerprint density at radius 3 is 2.29 bits per heavy atom. The molecule has 9 heteroatoms. The number of carbonyl (C=O) groups is 2. The predicted octanol–water partition coefficient (Wildman–Crippen LogP) is 2.14. The molecule has 1 amide bonds. The number of hydrogen-bond donors (Lipinski definition) is 1. The molecule has 0 radical (unpaired) electrons. The van der Waals surface area contributed by atoms with E-state index < -0.39 is 39.0 Å². The average Bonchev–Trinajstić information content (AvgIpc) is 2.52. The smallest absolute Gasteiger partial charge is 0.341 e. The van der Waals surface area contributed by atoms with Crippen LogP contribution in [0.3, 0.4) is 0 Å². The number of halogens is 2. The van der Waals surface area contributed by atoms with E-state index in [0.717, 1.165) is 37.1 Å². The molecule has 0 aliphatic heterocycles. The number of rotatable bonds is 8. The topological polar surface area (TPSA) is 89.5 Å². The molecule has 0 spiro atoms. The van der Waals surface area contributed by atoms with Crippen LogP contribution in [0.4, 0.5) is 8.78 Å². The SMILES string of the molecule is CCC[C@H](C)NC(=O)COC(=O)c1ccc(S(=O)(=O)C(F)F)cc1. The largest absolute Gasteiger partial charge is 0.452 e. The molecule has 1 rings (SSSR count). The number of ether oxygens (including phenoxy) is 1. The Bertz CT molecular complexity index is 674. The van der Waals surface area contributed by atoms with Gasteiger partial charge < -0.3 is 10.1 Å². The predicted molar refractivity (Wildman–Crippen MR) is 82.4 cm³/mol. The first-order valence-corrected chi connectivity index (χ1v) is 8.81. The number of alkyl halides is 2. The summed E-state index contributed by atoms with van der Waals surface area (Å²) in [7, 11) is -4.71. The van der Waals surface area contributed by atoms with Crippen molar-refractivity contribution in [3.63, 3.8) is 0 Å². The summed E-state index contributed by atoms with van der Waals surface area (Å²) < 4.78 is 52.1. The van der Waals surface area contributed by atoms with E-state index in [0.29, 0.717) is 0 Å². The van der Waals surface area contributed by atoms with E-state index in [1.807, 2.05) is 13.8 Å². The highest BCUT2D eigenvalue weighted by Crippen LogP contribution is 2.18. The third-order valence-electron chi connectivity index (χ3n) is 3.12. The second-order valence-corrected chi connectivity index (χ2v) is 7.08. The molecule has 1 aromatic rings. The molecule has 0 unspecified atom stereocenters. The Balaban J connectivity index is 2.62. The van der Waals surface area contributed by atoms with Crippen molar-refractivity contribution >= 4 is 21.7 Å². The van der Waals surface area contributed by atoms with Gasteiger partial charge in [-0.25, -0.2) is 13.2 Å². The third-order valence-corrected chi connectivity index (χ3v) is 4.51. The molecule has 1 atom stereocenters. The van der Waals surface area contributed by atoms with Crippen LogP contribution in [-0.2, 0) is 19.4 Å². The maximum Gasteiger partial charge on any atom is 0.341 e. The number of sulfone groups is 1. The van der Waals surface area contributed by atoms with Gasteiger partial charge in [0.25, 0.3) is 5.91 Å². The van der Waals surface area contributed by atoms with E-state index >= 15 is 0 Å². The van der Waals surface area contributed by atoms with Gasteiger partial charge in [-0.05, 0) is 37.6 Å². The van der Waals surface area contributed by atoms with Gasteiger partial charge in [0.15, 0.2) is 6.61 Å². The zero-order chi connectivity index (χ0) is 18.3. The van der Waals surface area contributed by atoms with E-state index in [-0.39, 0.29) is 11.6 Å². The van der Waals surface area contributed by atoms with E-state index in [2.05, 4.69) is 5.32 Å². The van der Waals surface area contributed by atoms with Crippen LogP contribution < -0.4 is 5.32 Å². The van der Waals surface area contributed by atoms with Crippen molar-refractivity contribution in [1.29, 1.82) is 0 Å². The van der Waals surface area contributed by atoms with Crippen LogP contribution in [0.5, 0.6) is 0 Å². The lowest BCUT2D eigenvalue weighted by atomic mass is 10.2. The first-order chi connectivity index (χ1) is 11.2. The monoisotopic (exact) mass is 363 g/mol. The van der Waals surface area contributed by atoms with Crippen LogP contribution in [0.1, 0.15) is 37.0 Å². The lowest BCUT2D eigenvalue weighted by molar-refractivity contribution is -0.124. The second kappa shape index (κ2) is 8.72. The van der Waals surface area contributed by atoms with Crippen LogP contribution in [0.15, 0.2) is 29.2 Å². The van der Waals surface area contributed by atoms with Crippen molar-refractivity contribution < 1.29 is 31.5 Å². The average molecular weight is 363 g/mol. The molecule has 0 heterocycles. The fourth-order valence-corrected chi connectivity index (χ4v) is 2.64. The summed E-state index contributed by atoms with van der Waals surface area (Å²) >= 11 is 0. The highest BCUT2D eigenvalue weighted by atomic mass is 32.2. The molecule has 0 aliphatic rings. The zero-order valence-electron chi connectivity index (χ0n) is 13.3. The second-order valence-electron chi connectivity index (χ2n) is 5.16. The van der Waals surface area contributed by atoms with Gasteiger partial charge in [0, 0.05) is 6.04 Å². The van der Waals surface area contributed by atoms with Crippen molar-refractivity contribution in [3.05, 3.63) is 29.8 Å². The van der Waals surface area contributed by atoms with Gasteiger partial charge in [0.2, 0.25) is 9.84 Å². The highest BCUT2D eigenvalue weighted by molar-refractivity contribution is 7.91. The molecule has 6 nitrogen and oxygen atoms in total. The van der Waals surface area contributed by atoms with Gasteiger partial charge in [-0.2, -0.15) is 8.78 Å². The molecular formula is C15H19F2NO5S. The molecule has 0 fully saturated rings. The van der Waals surface area contributed by atoms with E-state index in [1.165, 1.54) is 0 Å². The Labute approximate surface area is 139 Å². The van der Waals surface area contributed by atoms with Crippen LogP contribution in [0, 0.1) is 0 Å². The van der Waals surface area contributed by atoms with Crippen LogP contribution in [0.2, 0.25) is 0 Å². The summed E-state index contributed by atoms with van der Waals surface area (Å²) in [6, 6.07) is 3.84. The van der Waals surface area contributed by atoms with Crippen molar-refractivity contribution in [2.24, 2.45) is 0 Å². The Morgan fingerprint density at radius 2 is 1.79 bits per heavy atom. The quantitative estimate of drug-likeness (QED) is 0.715. The van der Waals surface area contributed by atoms with Gasteiger partial charge in [-0.15, -0.1) is 0 Å².